The Morgan fingerprint density at radius 1 is 0.906 bits per heavy atom. The van der Waals surface area contributed by atoms with Gasteiger partial charge in [0.15, 0.2) is 0 Å². The van der Waals surface area contributed by atoms with E-state index in [1.165, 1.54) is 18.6 Å². The second kappa shape index (κ2) is 16.1. The van der Waals surface area contributed by atoms with Crippen molar-refractivity contribution >= 4 is 35.3 Å². The lowest BCUT2D eigenvalue weighted by molar-refractivity contribution is -0.146. The van der Waals surface area contributed by atoms with Gasteiger partial charge >= 0.3 is 0 Å². The number of rotatable bonds is 10. The standard InChI is InChI=1S/C40H53N7O6/c1-23(25-11-7-5-8-12-25)43-38(52)33(48)29-16-15-24-19-27-22-47(32(28(27)20-24)37(51)44-29)39(53)34(40(2,3)4)46-36(50)31(26-13-9-6-10-14-26)45-35(49)30-21-41-17-18-42-30/h5,7-8,11-12,17-18,21,23-24,26-29,31-32,34H,6,9-10,13-16,19-20,22H2,1-4H3,(H,43,52)(H,44,51)(H,45,49)(H,46,50)/t23-,24?,27-,28-,29-,31-,32?,34+/m0/s1. The molecule has 5 amide bonds. The van der Waals surface area contributed by atoms with Crippen LogP contribution in [-0.2, 0) is 24.0 Å². The van der Waals surface area contributed by atoms with Crippen LogP contribution in [0.1, 0.15) is 108 Å². The highest BCUT2D eigenvalue weighted by Crippen LogP contribution is 2.48. The van der Waals surface area contributed by atoms with Gasteiger partial charge < -0.3 is 26.2 Å². The van der Waals surface area contributed by atoms with Crippen LogP contribution < -0.4 is 21.3 Å². The summed E-state index contributed by atoms with van der Waals surface area (Å²) >= 11 is 0. The van der Waals surface area contributed by atoms with Crippen molar-refractivity contribution in [2.75, 3.05) is 6.54 Å². The predicted molar refractivity (Wildman–Crippen MR) is 196 cm³/mol. The summed E-state index contributed by atoms with van der Waals surface area (Å²) in [4.78, 5) is 92.7. The van der Waals surface area contributed by atoms with Gasteiger partial charge in [-0.05, 0) is 80.1 Å². The molecule has 2 aromatic rings. The van der Waals surface area contributed by atoms with E-state index in [9.17, 15) is 28.8 Å². The zero-order valence-corrected chi connectivity index (χ0v) is 31.2. The Kier molecular flexibility index (Phi) is 11.6. The van der Waals surface area contributed by atoms with Crippen molar-refractivity contribution in [2.24, 2.45) is 29.1 Å². The molecule has 0 spiro atoms. The molecule has 2 aliphatic heterocycles. The highest BCUT2D eigenvalue weighted by molar-refractivity contribution is 6.38. The van der Waals surface area contributed by atoms with E-state index in [2.05, 4.69) is 31.2 Å². The molecule has 2 unspecified atom stereocenters. The fraction of sp³-hybridized carbons (Fsp3) is 0.600. The van der Waals surface area contributed by atoms with E-state index >= 15 is 0 Å². The zero-order chi connectivity index (χ0) is 37.9. The minimum absolute atomic E-state index is 0.0951. The lowest BCUT2D eigenvalue weighted by Gasteiger charge is -2.38. The molecular weight excluding hydrogens is 674 g/mol. The molecule has 3 heterocycles. The molecule has 0 radical (unpaired) electrons. The summed E-state index contributed by atoms with van der Waals surface area (Å²) in [6.07, 6.45) is 11.3. The van der Waals surface area contributed by atoms with Crippen LogP contribution in [0.4, 0.5) is 0 Å². The maximum Gasteiger partial charge on any atom is 0.290 e. The number of fused-ring (bicyclic) bond motifs is 1. The third-order valence-electron chi connectivity index (χ3n) is 11.8. The maximum absolute atomic E-state index is 14.7. The average Bonchev–Trinajstić information content (AvgIpc) is 3.72. The minimum atomic E-state index is -1.02. The summed E-state index contributed by atoms with van der Waals surface area (Å²) in [6, 6.07) is 5.17. The van der Waals surface area contributed by atoms with Crippen LogP contribution in [-0.4, -0.2) is 80.9 Å². The van der Waals surface area contributed by atoms with Gasteiger partial charge in [0.1, 0.15) is 23.8 Å². The van der Waals surface area contributed by atoms with Crippen molar-refractivity contribution in [1.29, 1.82) is 0 Å². The number of Topliss-reactive ketones (excluding diaryl/α,β-unsaturated/α-hetero) is 1. The first kappa shape index (κ1) is 38.1. The number of hydrogen-bond donors (Lipinski definition) is 4. The van der Waals surface area contributed by atoms with E-state index in [4.69, 9.17) is 0 Å². The SMILES string of the molecule is C[C@H](NC(=O)C(=O)[C@@H]1CCC2C[C@H]3CN(C(=O)[C@@H](NC(=O)[C@@H](NC(=O)c4cnccn4)C4CCCCC4)C(C)(C)C)C(C(=O)N1)[C@H]3C2)c1ccccc1. The van der Waals surface area contributed by atoms with Crippen molar-refractivity contribution < 1.29 is 28.8 Å². The van der Waals surface area contributed by atoms with Crippen LogP contribution in [0.25, 0.3) is 0 Å². The molecule has 2 saturated carbocycles. The quantitative estimate of drug-likeness (QED) is 0.269. The van der Waals surface area contributed by atoms with Crippen LogP contribution in [0, 0.1) is 29.1 Å². The van der Waals surface area contributed by atoms with Crippen LogP contribution in [0.15, 0.2) is 48.9 Å². The van der Waals surface area contributed by atoms with E-state index in [1.807, 2.05) is 51.1 Å². The number of benzene rings is 1. The third-order valence-corrected chi connectivity index (χ3v) is 11.8. The monoisotopic (exact) mass is 727 g/mol. The fourth-order valence-corrected chi connectivity index (χ4v) is 8.99. The molecule has 2 bridgehead atoms. The Hall–Kier alpha value is -4.68. The number of nitrogens with zero attached hydrogens (tertiary/aromatic N) is 3. The summed E-state index contributed by atoms with van der Waals surface area (Å²) in [5.41, 5.74) is 0.201. The predicted octanol–water partition coefficient (Wildman–Crippen LogP) is 3.26. The second-order valence-electron chi connectivity index (χ2n) is 16.6. The van der Waals surface area contributed by atoms with Gasteiger partial charge in [-0.15, -0.1) is 0 Å². The fourth-order valence-electron chi connectivity index (χ4n) is 8.99. The first-order valence-corrected chi connectivity index (χ1v) is 19.2. The van der Waals surface area contributed by atoms with Gasteiger partial charge in [-0.1, -0.05) is 70.4 Å². The van der Waals surface area contributed by atoms with Crippen LogP contribution in [0.2, 0.25) is 0 Å². The minimum Gasteiger partial charge on any atom is -0.344 e. The number of hydrogen-bond acceptors (Lipinski definition) is 8. The van der Waals surface area contributed by atoms with Gasteiger partial charge in [0.05, 0.1) is 18.3 Å². The Balaban J connectivity index is 1.20. The summed E-state index contributed by atoms with van der Waals surface area (Å²) in [5, 5.41) is 11.6. The number of ketones is 1. The molecular formula is C40H53N7O6. The lowest BCUT2D eigenvalue weighted by atomic mass is 9.82. The first-order chi connectivity index (χ1) is 25.3. The van der Waals surface area contributed by atoms with Gasteiger partial charge in [-0.2, -0.15) is 0 Å². The first-order valence-electron chi connectivity index (χ1n) is 19.2. The smallest absolute Gasteiger partial charge is 0.290 e. The van der Waals surface area contributed by atoms with Crippen LogP contribution in [0.3, 0.4) is 0 Å². The summed E-state index contributed by atoms with van der Waals surface area (Å²) in [5.74, 6) is -3.10. The number of nitrogens with one attached hydrogen (secondary N) is 4. The van der Waals surface area contributed by atoms with Crippen molar-refractivity contribution in [3.05, 3.63) is 60.2 Å². The molecule has 4 aliphatic rings. The molecule has 13 heteroatoms. The Morgan fingerprint density at radius 3 is 2.32 bits per heavy atom. The average molecular weight is 728 g/mol. The molecule has 13 nitrogen and oxygen atoms in total. The number of amides is 5. The van der Waals surface area contributed by atoms with E-state index in [1.54, 1.807) is 11.8 Å². The molecule has 2 aliphatic carbocycles. The van der Waals surface area contributed by atoms with Crippen molar-refractivity contribution in [3.63, 3.8) is 0 Å². The van der Waals surface area contributed by atoms with Crippen molar-refractivity contribution in [2.45, 2.75) is 116 Å². The van der Waals surface area contributed by atoms with Gasteiger partial charge in [0.2, 0.25) is 23.5 Å². The molecule has 6 rings (SSSR count). The van der Waals surface area contributed by atoms with Crippen molar-refractivity contribution in [1.82, 2.24) is 36.1 Å². The normalized spacial score (nSPS) is 26.2. The molecule has 4 N–H and O–H groups in total. The molecule has 8 atom stereocenters. The summed E-state index contributed by atoms with van der Waals surface area (Å²) in [6.45, 7) is 7.76. The highest BCUT2D eigenvalue weighted by atomic mass is 16.2. The van der Waals surface area contributed by atoms with Gasteiger partial charge in [0, 0.05) is 18.9 Å². The van der Waals surface area contributed by atoms with Gasteiger partial charge in [0.25, 0.3) is 11.8 Å². The van der Waals surface area contributed by atoms with E-state index in [0.717, 1.165) is 50.5 Å². The van der Waals surface area contributed by atoms with Gasteiger partial charge in [-0.25, -0.2) is 4.98 Å². The largest absolute Gasteiger partial charge is 0.344 e. The molecule has 284 valence electrons. The molecule has 1 aromatic heterocycles. The lowest BCUT2D eigenvalue weighted by Crippen LogP contribution is -2.62. The Labute approximate surface area is 311 Å². The van der Waals surface area contributed by atoms with Crippen molar-refractivity contribution in [3.8, 4) is 0 Å². The zero-order valence-electron chi connectivity index (χ0n) is 31.2. The van der Waals surface area contributed by atoms with E-state index < -0.39 is 65.0 Å². The second-order valence-corrected chi connectivity index (χ2v) is 16.6. The Morgan fingerprint density at radius 2 is 1.64 bits per heavy atom. The summed E-state index contributed by atoms with van der Waals surface area (Å²) < 4.78 is 0. The molecule has 1 aromatic carbocycles. The van der Waals surface area contributed by atoms with Gasteiger partial charge in [-0.3, -0.25) is 33.8 Å². The number of likely N-dealkylation sites (tertiary alicyclic amines) is 1. The van der Waals surface area contributed by atoms with E-state index in [-0.39, 0.29) is 35.3 Å². The van der Waals surface area contributed by atoms with E-state index in [0.29, 0.717) is 19.4 Å². The third kappa shape index (κ3) is 8.60. The topological polar surface area (TPSA) is 180 Å². The highest BCUT2D eigenvalue weighted by Gasteiger charge is 2.55. The molecule has 53 heavy (non-hydrogen) atoms. The maximum atomic E-state index is 14.7. The number of carbonyl (C=O) groups is 6. The number of aromatic nitrogens is 2. The Bertz CT molecular complexity index is 1680. The van der Waals surface area contributed by atoms with Crippen LogP contribution >= 0.6 is 0 Å². The number of carbonyl (C=O) groups excluding carboxylic acids is 6. The van der Waals surface area contributed by atoms with Crippen LogP contribution in [0.5, 0.6) is 0 Å². The molecule has 4 fully saturated rings. The summed E-state index contributed by atoms with van der Waals surface area (Å²) in [7, 11) is 0. The molecule has 2 saturated heterocycles.